The highest BCUT2D eigenvalue weighted by atomic mass is 19.1. The van der Waals surface area contributed by atoms with E-state index >= 15 is 0 Å². The average Bonchev–Trinajstić information content (AvgIpc) is 2.66. The van der Waals surface area contributed by atoms with Crippen LogP contribution in [-0.4, -0.2) is 44.7 Å². The summed E-state index contributed by atoms with van der Waals surface area (Å²) in [5.41, 5.74) is 1.85. The molecule has 0 radical (unpaired) electrons. The molecule has 1 aliphatic rings. The first-order chi connectivity index (χ1) is 13.2. The summed E-state index contributed by atoms with van der Waals surface area (Å²) in [6.07, 6.45) is 0. The summed E-state index contributed by atoms with van der Waals surface area (Å²) in [7, 11) is 4.89. The normalized spacial score (nSPS) is 16.8. The van der Waals surface area contributed by atoms with E-state index in [1.54, 1.807) is 38.1 Å². The lowest BCUT2D eigenvalue weighted by atomic mass is 9.79. The van der Waals surface area contributed by atoms with Gasteiger partial charge in [-0.2, -0.15) is 0 Å². The minimum Gasteiger partial charge on any atom is -0.466 e. The van der Waals surface area contributed by atoms with Gasteiger partial charge in [-0.05, 0) is 30.5 Å². The Morgan fingerprint density at radius 1 is 1.14 bits per heavy atom. The summed E-state index contributed by atoms with van der Waals surface area (Å²) in [5, 5.41) is 3.23. The summed E-state index contributed by atoms with van der Waals surface area (Å²) in [5.74, 6) is -1.76. The van der Waals surface area contributed by atoms with Gasteiger partial charge in [0.05, 0.1) is 30.8 Å². The highest BCUT2D eigenvalue weighted by molar-refractivity contribution is 6.00. The van der Waals surface area contributed by atoms with Gasteiger partial charge in [0.2, 0.25) is 0 Å². The number of carbonyl (C=O) groups excluding carboxylic acids is 2. The summed E-state index contributed by atoms with van der Waals surface area (Å²) < 4.78 is 23.8. The number of hydrogen-bond donors (Lipinski definition) is 1. The van der Waals surface area contributed by atoms with Crippen molar-refractivity contribution in [1.82, 2.24) is 10.2 Å². The van der Waals surface area contributed by atoms with Crippen molar-refractivity contribution in [3.63, 3.8) is 0 Å². The zero-order valence-corrected chi connectivity index (χ0v) is 17.1. The number of hydrogen-bond acceptors (Lipinski definition) is 6. The number of benzene rings is 1. The molecule has 2 rings (SSSR count). The van der Waals surface area contributed by atoms with Crippen LogP contribution in [0.3, 0.4) is 0 Å². The Bertz CT molecular complexity index is 810. The third-order valence-electron chi connectivity index (χ3n) is 4.50. The lowest BCUT2D eigenvalue weighted by Gasteiger charge is -2.36. The molecule has 0 aliphatic carbocycles. The van der Waals surface area contributed by atoms with Crippen LogP contribution in [0.5, 0.6) is 0 Å². The number of nitrogens with one attached hydrogen (secondary N) is 1. The lowest BCUT2D eigenvalue weighted by Crippen LogP contribution is -2.40. The Balaban J connectivity index is 2.83. The number of methoxy groups -OCH3 is 1. The van der Waals surface area contributed by atoms with E-state index in [2.05, 4.69) is 5.32 Å². The number of ether oxygens (including phenoxy) is 2. The molecule has 0 spiro atoms. The Morgan fingerprint density at radius 2 is 1.75 bits per heavy atom. The predicted molar refractivity (Wildman–Crippen MR) is 104 cm³/mol. The highest BCUT2D eigenvalue weighted by Crippen LogP contribution is 2.41. The molecule has 6 nitrogen and oxygen atoms in total. The molecule has 0 amide bonds. The van der Waals surface area contributed by atoms with Gasteiger partial charge in [0.15, 0.2) is 0 Å². The number of nitrogens with zero attached hydrogens (tertiary/aromatic N) is 1. The SMILES string of the molecule is CCOC(=O)C1=C(N(C)C)NC(C(C)C)=C(C(=O)OC)C1c1ccc(F)cc1. The maximum atomic E-state index is 13.5. The van der Waals surface area contributed by atoms with E-state index in [-0.39, 0.29) is 18.1 Å². The molecule has 0 saturated heterocycles. The summed E-state index contributed by atoms with van der Waals surface area (Å²) in [6, 6.07) is 5.75. The number of rotatable bonds is 6. The molecular weight excluding hydrogens is 363 g/mol. The summed E-state index contributed by atoms with van der Waals surface area (Å²) in [4.78, 5) is 27.4. The molecule has 1 aliphatic heterocycles. The Labute approximate surface area is 165 Å². The average molecular weight is 390 g/mol. The molecule has 7 heteroatoms. The van der Waals surface area contributed by atoms with Crippen LogP contribution < -0.4 is 5.32 Å². The van der Waals surface area contributed by atoms with Crippen molar-refractivity contribution in [1.29, 1.82) is 0 Å². The number of dihydropyridines is 1. The van der Waals surface area contributed by atoms with Crippen molar-refractivity contribution in [2.24, 2.45) is 5.92 Å². The van der Waals surface area contributed by atoms with Crippen molar-refractivity contribution < 1.29 is 23.5 Å². The van der Waals surface area contributed by atoms with Crippen LogP contribution >= 0.6 is 0 Å². The van der Waals surface area contributed by atoms with Gasteiger partial charge >= 0.3 is 11.9 Å². The van der Waals surface area contributed by atoms with E-state index < -0.39 is 23.7 Å². The summed E-state index contributed by atoms with van der Waals surface area (Å²) in [6.45, 7) is 5.78. The quantitative estimate of drug-likeness (QED) is 0.754. The molecule has 1 N–H and O–H groups in total. The molecule has 1 heterocycles. The van der Waals surface area contributed by atoms with Gasteiger partial charge in [-0.15, -0.1) is 0 Å². The smallest absolute Gasteiger partial charge is 0.338 e. The van der Waals surface area contributed by atoms with Gasteiger partial charge in [0.1, 0.15) is 11.6 Å². The molecule has 0 bridgehead atoms. The van der Waals surface area contributed by atoms with E-state index in [1.165, 1.54) is 19.2 Å². The van der Waals surface area contributed by atoms with Crippen LogP contribution in [0.1, 0.15) is 32.3 Å². The van der Waals surface area contributed by atoms with Crippen molar-refractivity contribution in [3.05, 3.63) is 58.3 Å². The minimum absolute atomic E-state index is 0.0456. The van der Waals surface area contributed by atoms with E-state index in [9.17, 15) is 14.0 Å². The van der Waals surface area contributed by atoms with Gasteiger partial charge in [-0.3, -0.25) is 0 Å². The molecule has 1 aromatic rings. The highest BCUT2D eigenvalue weighted by Gasteiger charge is 2.41. The second-order valence-electron chi connectivity index (χ2n) is 6.96. The van der Waals surface area contributed by atoms with E-state index in [4.69, 9.17) is 9.47 Å². The van der Waals surface area contributed by atoms with E-state index in [0.29, 0.717) is 22.7 Å². The molecule has 152 valence electrons. The monoisotopic (exact) mass is 390 g/mol. The molecular formula is C21H27FN2O4. The molecule has 0 saturated carbocycles. The molecule has 0 aromatic heterocycles. The third-order valence-corrected chi connectivity index (χ3v) is 4.50. The molecule has 0 fully saturated rings. The van der Waals surface area contributed by atoms with Gasteiger partial charge in [0.25, 0.3) is 0 Å². The Morgan fingerprint density at radius 3 is 2.21 bits per heavy atom. The van der Waals surface area contributed by atoms with Crippen LogP contribution in [0.2, 0.25) is 0 Å². The second-order valence-corrected chi connectivity index (χ2v) is 6.96. The topological polar surface area (TPSA) is 67.9 Å². The predicted octanol–water partition coefficient (Wildman–Crippen LogP) is 2.93. The standard InChI is InChI=1S/C21H27FN2O4/c1-7-28-21(26)17-15(13-8-10-14(22)11-9-13)16(20(25)27-6)18(12(2)3)23-19(17)24(4)5/h8-12,15,23H,7H2,1-6H3. The first kappa shape index (κ1) is 21.5. The first-order valence-corrected chi connectivity index (χ1v) is 9.16. The van der Waals surface area contributed by atoms with Gasteiger partial charge in [-0.25, -0.2) is 14.0 Å². The number of esters is 2. The molecule has 1 unspecified atom stereocenters. The summed E-state index contributed by atoms with van der Waals surface area (Å²) >= 11 is 0. The van der Waals surface area contributed by atoms with Crippen molar-refractivity contribution >= 4 is 11.9 Å². The fourth-order valence-electron chi connectivity index (χ4n) is 3.26. The maximum Gasteiger partial charge on any atom is 0.338 e. The van der Waals surface area contributed by atoms with Gasteiger partial charge < -0.3 is 19.7 Å². The second kappa shape index (κ2) is 8.91. The molecule has 28 heavy (non-hydrogen) atoms. The van der Waals surface area contributed by atoms with Crippen LogP contribution in [0, 0.1) is 11.7 Å². The lowest BCUT2D eigenvalue weighted by molar-refractivity contribution is -0.139. The zero-order chi connectivity index (χ0) is 21.0. The van der Waals surface area contributed by atoms with Crippen LogP contribution in [-0.2, 0) is 19.1 Å². The molecule has 1 aromatic carbocycles. The van der Waals surface area contributed by atoms with Crippen molar-refractivity contribution in [2.45, 2.75) is 26.7 Å². The van der Waals surface area contributed by atoms with E-state index in [0.717, 1.165) is 0 Å². The number of allylic oxidation sites excluding steroid dienone is 1. The minimum atomic E-state index is -0.747. The van der Waals surface area contributed by atoms with Gasteiger partial charge in [0, 0.05) is 19.8 Å². The Hall–Kier alpha value is -2.83. The Kier molecular flexibility index (Phi) is 6.83. The number of carbonyl (C=O) groups is 2. The fourth-order valence-corrected chi connectivity index (χ4v) is 3.26. The van der Waals surface area contributed by atoms with E-state index in [1.807, 2.05) is 13.8 Å². The van der Waals surface area contributed by atoms with Crippen LogP contribution in [0.15, 0.2) is 46.9 Å². The third kappa shape index (κ3) is 4.18. The maximum absolute atomic E-state index is 13.5. The molecule has 1 atom stereocenters. The van der Waals surface area contributed by atoms with Gasteiger partial charge in [-0.1, -0.05) is 26.0 Å². The van der Waals surface area contributed by atoms with Crippen molar-refractivity contribution in [2.75, 3.05) is 27.8 Å². The first-order valence-electron chi connectivity index (χ1n) is 9.16. The van der Waals surface area contributed by atoms with Crippen molar-refractivity contribution in [3.8, 4) is 0 Å². The van der Waals surface area contributed by atoms with Crippen LogP contribution in [0.25, 0.3) is 0 Å². The largest absolute Gasteiger partial charge is 0.466 e. The fraction of sp³-hybridized carbons (Fsp3) is 0.429. The van der Waals surface area contributed by atoms with Crippen LogP contribution in [0.4, 0.5) is 4.39 Å². The number of halogens is 1. The zero-order valence-electron chi connectivity index (χ0n) is 17.1.